The van der Waals surface area contributed by atoms with Gasteiger partial charge < -0.3 is 15.2 Å². The molecule has 0 bridgehead atoms. The number of piperidine rings is 1. The summed E-state index contributed by atoms with van der Waals surface area (Å²) in [5.41, 5.74) is 2.19. The molecule has 1 spiro atoms. The third kappa shape index (κ3) is 3.16. The van der Waals surface area contributed by atoms with E-state index in [1.54, 1.807) is 17.0 Å². The van der Waals surface area contributed by atoms with Crippen molar-refractivity contribution in [1.82, 2.24) is 15.2 Å². The standard InChI is InChI=1S/C21H23N3O3/c1-14-2-4-15(5-3-14)17-7-6-16(18(25)23-17)19(26)24-12-9-21(10-13-24)8-11-22-20(21)27/h2-7H,8-13H2,1H3,(H,22,27)(H,23,25). The van der Waals surface area contributed by atoms with Gasteiger partial charge in [-0.05, 0) is 43.9 Å². The topological polar surface area (TPSA) is 82.3 Å². The highest BCUT2D eigenvalue weighted by atomic mass is 16.2. The Labute approximate surface area is 157 Å². The van der Waals surface area contributed by atoms with E-state index in [0.717, 1.165) is 17.5 Å². The molecule has 0 aliphatic carbocycles. The molecule has 4 rings (SSSR count). The molecule has 140 valence electrons. The number of carbonyl (C=O) groups excluding carboxylic acids is 2. The highest BCUT2D eigenvalue weighted by Gasteiger charge is 2.45. The number of likely N-dealkylation sites (tertiary alicyclic amines) is 1. The molecular weight excluding hydrogens is 342 g/mol. The second-order valence-electron chi connectivity index (χ2n) is 7.56. The summed E-state index contributed by atoms with van der Waals surface area (Å²) in [5, 5.41) is 2.89. The predicted octanol–water partition coefficient (Wildman–Crippen LogP) is 2.09. The molecule has 3 heterocycles. The number of carbonyl (C=O) groups is 2. The van der Waals surface area contributed by atoms with E-state index in [1.165, 1.54) is 0 Å². The van der Waals surface area contributed by atoms with Crippen LogP contribution >= 0.6 is 0 Å². The molecule has 2 aliphatic rings. The maximum Gasteiger partial charge on any atom is 0.261 e. The lowest BCUT2D eigenvalue weighted by atomic mass is 9.77. The summed E-state index contributed by atoms with van der Waals surface area (Å²) in [6, 6.07) is 11.2. The van der Waals surface area contributed by atoms with Gasteiger partial charge in [-0.25, -0.2) is 0 Å². The van der Waals surface area contributed by atoms with E-state index < -0.39 is 0 Å². The lowest BCUT2D eigenvalue weighted by Crippen LogP contribution is -2.47. The number of hydrogen-bond donors (Lipinski definition) is 2. The van der Waals surface area contributed by atoms with Crippen LogP contribution < -0.4 is 10.9 Å². The number of benzene rings is 1. The van der Waals surface area contributed by atoms with Crippen LogP contribution in [0, 0.1) is 12.3 Å². The van der Waals surface area contributed by atoms with Crippen molar-refractivity contribution in [3.63, 3.8) is 0 Å². The third-order valence-electron chi connectivity index (χ3n) is 5.88. The highest BCUT2D eigenvalue weighted by molar-refractivity contribution is 5.94. The van der Waals surface area contributed by atoms with Crippen molar-refractivity contribution < 1.29 is 9.59 Å². The van der Waals surface area contributed by atoms with Crippen molar-refractivity contribution in [2.24, 2.45) is 5.41 Å². The van der Waals surface area contributed by atoms with Crippen LogP contribution in [-0.2, 0) is 4.79 Å². The van der Waals surface area contributed by atoms with E-state index in [1.807, 2.05) is 31.2 Å². The zero-order valence-electron chi connectivity index (χ0n) is 15.4. The van der Waals surface area contributed by atoms with Crippen LogP contribution in [0.3, 0.4) is 0 Å². The number of hydrogen-bond acceptors (Lipinski definition) is 3. The molecule has 2 aromatic rings. The van der Waals surface area contributed by atoms with Gasteiger partial charge >= 0.3 is 0 Å². The fourth-order valence-electron chi connectivity index (χ4n) is 4.05. The lowest BCUT2D eigenvalue weighted by molar-refractivity contribution is -0.129. The Morgan fingerprint density at radius 1 is 1.00 bits per heavy atom. The van der Waals surface area contributed by atoms with E-state index >= 15 is 0 Å². The molecule has 1 aromatic carbocycles. The minimum atomic E-state index is -0.378. The average molecular weight is 365 g/mol. The van der Waals surface area contributed by atoms with Gasteiger partial charge in [-0.1, -0.05) is 29.8 Å². The van der Waals surface area contributed by atoms with Gasteiger partial charge in [0.15, 0.2) is 0 Å². The summed E-state index contributed by atoms with van der Waals surface area (Å²) in [4.78, 5) is 41.9. The number of rotatable bonds is 2. The zero-order chi connectivity index (χ0) is 19.0. The number of amides is 2. The summed E-state index contributed by atoms with van der Waals surface area (Å²) in [6.45, 7) is 3.73. The van der Waals surface area contributed by atoms with Crippen LogP contribution in [0.2, 0.25) is 0 Å². The first-order valence-corrected chi connectivity index (χ1v) is 9.36. The number of aromatic amines is 1. The van der Waals surface area contributed by atoms with Gasteiger partial charge in [0.1, 0.15) is 5.56 Å². The van der Waals surface area contributed by atoms with Crippen molar-refractivity contribution in [3.8, 4) is 11.3 Å². The first-order valence-electron chi connectivity index (χ1n) is 9.36. The van der Waals surface area contributed by atoms with E-state index in [-0.39, 0.29) is 28.4 Å². The van der Waals surface area contributed by atoms with Crippen molar-refractivity contribution >= 4 is 11.8 Å². The lowest BCUT2D eigenvalue weighted by Gasteiger charge is -2.37. The van der Waals surface area contributed by atoms with E-state index in [9.17, 15) is 14.4 Å². The van der Waals surface area contributed by atoms with Gasteiger partial charge in [0.05, 0.1) is 5.41 Å². The third-order valence-corrected chi connectivity index (χ3v) is 5.88. The zero-order valence-corrected chi connectivity index (χ0v) is 15.4. The van der Waals surface area contributed by atoms with Crippen LogP contribution in [-0.4, -0.2) is 41.3 Å². The summed E-state index contributed by atoms with van der Waals surface area (Å²) < 4.78 is 0. The van der Waals surface area contributed by atoms with Crippen LogP contribution in [0.4, 0.5) is 0 Å². The minimum Gasteiger partial charge on any atom is -0.356 e. The molecule has 2 aliphatic heterocycles. The van der Waals surface area contributed by atoms with Crippen molar-refractivity contribution in [2.45, 2.75) is 26.2 Å². The Bertz CT molecular complexity index is 938. The second kappa shape index (κ2) is 6.68. The Kier molecular flexibility index (Phi) is 4.34. The number of pyridine rings is 1. The molecule has 27 heavy (non-hydrogen) atoms. The fourth-order valence-corrected chi connectivity index (χ4v) is 4.05. The Morgan fingerprint density at radius 2 is 1.70 bits per heavy atom. The molecule has 2 fully saturated rings. The maximum absolute atomic E-state index is 12.8. The predicted molar refractivity (Wildman–Crippen MR) is 102 cm³/mol. The van der Waals surface area contributed by atoms with Crippen LogP contribution in [0.15, 0.2) is 41.2 Å². The largest absolute Gasteiger partial charge is 0.356 e. The van der Waals surface area contributed by atoms with Crippen LogP contribution in [0.5, 0.6) is 0 Å². The molecule has 1 aromatic heterocycles. The molecule has 2 N–H and O–H groups in total. The second-order valence-corrected chi connectivity index (χ2v) is 7.56. The summed E-state index contributed by atoms with van der Waals surface area (Å²) >= 11 is 0. The van der Waals surface area contributed by atoms with Gasteiger partial charge in [-0.15, -0.1) is 0 Å². The van der Waals surface area contributed by atoms with E-state index in [2.05, 4.69) is 10.3 Å². The summed E-state index contributed by atoms with van der Waals surface area (Å²) in [5.74, 6) is -0.158. The van der Waals surface area contributed by atoms with Gasteiger partial charge in [0.25, 0.3) is 11.5 Å². The molecule has 6 nitrogen and oxygen atoms in total. The number of aryl methyl sites for hydroxylation is 1. The van der Waals surface area contributed by atoms with Gasteiger partial charge in [0, 0.05) is 25.3 Å². The normalized spacial score (nSPS) is 18.6. The molecule has 0 saturated carbocycles. The average Bonchev–Trinajstić information content (AvgIpc) is 3.02. The van der Waals surface area contributed by atoms with E-state index in [0.29, 0.717) is 38.2 Å². The Morgan fingerprint density at radius 3 is 2.30 bits per heavy atom. The van der Waals surface area contributed by atoms with Gasteiger partial charge in [-0.3, -0.25) is 14.4 Å². The van der Waals surface area contributed by atoms with Crippen LogP contribution in [0.25, 0.3) is 11.3 Å². The number of nitrogens with one attached hydrogen (secondary N) is 2. The Hall–Kier alpha value is -2.89. The Balaban J connectivity index is 1.50. The van der Waals surface area contributed by atoms with Gasteiger partial charge in [0.2, 0.25) is 5.91 Å². The SMILES string of the molecule is Cc1ccc(-c2ccc(C(=O)N3CCC4(CCNC4=O)CC3)c(=O)[nH]2)cc1. The molecule has 0 unspecified atom stereocenters. The quantitative estimate of drug-likeness (QED) is 0.855. The maximum atomic E-state index is 12.8. The minimum absolute atomic E-state index is 0.106. The fraction of sp³-hybridized carbons (Fsp3) is 0.381. The van der Waals surface area contributed by atoms with Crippen molar-refractivity contribution in [2.75, 3.05) is 19.6 Å². The molecule has 0 radical (unpaired) electrons. The monoisotopic (exact) mass is 365 g/mol. The summed E-state index contributed by atoms with van der Waals surface area (Å²) in [7, 11) is 0. The number of nitrogens with zero attached hydrogens (tertiary/aromatic N) is 1. The van der Waals surface area contributed by atoms with Crippen molar-refractivity contribution in [3.05, 3.63) is 57.9 Å². The highest BCUT2D eigenvalue weighted by Crippen LogP contribution is 2.38. The number of aromatic nitrogens is 1. The van der Waals surface area contributed by atoms with Crippen molar-refractivity contribution in [1.29, 1.82) is 0 Å². The molecule has 2 saturated heterocycles. The molecule has 6 heteroatoms. The van der Waals surface area contributed by atoms with Gasteiger partial charge in [-0.2, -0.15) is 0 Å². The number of H-pyrrole nitrogens is 1. The molecule has 0 atom stereocenters. The summed E-state index contributed by atoms with van der Waals surface area (Å²) in [6.07, 6.45) is 2.15. The smallest absolute Gasteiger partial charge is 0.261 e. The molecular formula is C21H23N3O3. The van der Waals surface area contributed by atoms with E-state index in [4.69, 9.17) is 0 Å². The van der Waals surface area contributed by atoms with Crippen LogP contribution in [0.1, 0.15) is 35.2 Å². The first-order chi connectivity index (χ1) is 13.0. The molecule has 2 amide bonds. The first kappa shape index (κ1) is 17.5.